The molecule has 0 radical (unpaired) electrons. The van der Waals surface area contributed by atoms with Crippen molar-refractivity contribution in [3.8, 4) is 39.8 Å². The van der Waals surface area contributed by atoms with Crippen LogP contribution in [0.1, 0.15) is 5.56 Å². The average Bonchev–Trinajstić information content (AvgIpc) is 2.89. The number of benzene rings is 3. The predicted molar refractivity (Wildman–Crippen MR) is 132 cm³/mol. The fraction of sp³-hybridized carbons (Fsp3) is 0.0800. The zero-order valence-electron chi connectivity index (χ0n) is 18.9. The van der Waals surface area contributed by atoms with Crippen LogP contribution in [-0.4, -0.2) is 40.4 Å². The normalized spacial score (nSPS) is 10.8. The van der Waals surface area contributed by atoms with Crippen molar-refractivity contribution in [1.29, 1.82) is 0 Å². The molecule has 0 saturated carbocycles. The number of hydrogen-bond acceptors (Lipinski definition) is 9. The second-order valence-corrected chi connectivity index (χ2v) is 7.27. The van der Waals surface area contributed by atoms with Gasteiger partial charge < -0.3 is 14.6 Å². The SMILES string of the molecule is COc1ccc(-c2cc(-c3ccccc3)nc(N/N=C\c3cc([N+](=O)[O-])ccc3O)n2)cc1OC. The zero-order chi connectivity index (χ0) is 24.8. The van der Waals surface area contributed by atoms with Crippen LogP contribution >= 0.6 is 0 Å². The molecule has 0 aliphatic heterocycles. The highest BCUT2D eigenvalue weighted by Crippen LogP contribution is 2.33. The fourth-order valence-electron chi connectivity index (χ4n) is 3.32. The Balaban J connectivity index is 1.71. The Hall–Kier alpha value is -4.99. The molecule has 4 rings (SSSR count). The second kappa shape index (κ2) is 10.3. The van der Waals surface area contributed by atoms with Crippen LogP contribution in [0.25, 0.3) is 22.5 Å². The van der Waals surface area contributed by atoms with Crippen molar-refractivity contribution in [2.45, 2.75) is 0 Å². The summed E-state index contributed by atoms with van der Waals surface area (Å²) in [5.41, 5.74) is 5.66. The summed E-state index contributed by atoms with van der Waals surface area (Å²) >= 11 is 0. The lowest BCUT2D eigenvalue weighted by atomic mass is 10.1. The number of rotatable bonds is 8. The standard InChI is InChI=1S/C25H21N5O5/c1-34-23-11-8-17(13-24(23)35-2)21-14-20(16-6-4-3-5-7-16)27-25(28-21)29-26-15-18-12-19(30(32)33)9-10-22(18)31/h3-15,31H,1-2H3,(H,27,28,29)/b26-15-. The number of aromatic hydroxyl groups is 1. The first kappa shape index (κ1) is 23.2. The first-order valence-corrected chi connectivity index (χ1v) is 10.4. The summed E-state index contributed by atoms with van der Waals surface area (Å²) < 4.78 is 10.7. The minimum atomic E-state index is -0.550. The van der Waals surface area contributed by atoms with Gasteiger partial charge in [-0.05, 0) is 30.3 Å². The number of phenols is 1. The van der Waals surface area contributed by atoms with Gasteiger partial charge in [-0.2, -0.15) is 5.10 Å². The third-order valence-corrected chi connectivity index (χ3v) is 5.07. The predicted octanol–water partition coefficient (Wildman–Crippen LogP) is 4.89. The minimum Gasteiger partial charge on any atom is -0.507 e. The number of nitrogens with one attached hydrogen (secondary N) is 1. The number of hydrogen-bond donors (Lipinski definition) is 2. The topological polar surface area (TPSA) is 132 Å². The number of anilines is 1. The highest BCUT2D eigenvalue weighted by Gasteiger charge is 2.12. The van der Waals surface area contributed by atoms with Crippen molar-refractivity contribution in [3.63, 3.8) is 0 Å². The molecule has 35 heavy (non-hydrogen) atoms. The van der Waals surface area contributed by atoms with Crippen LogP contribution in [0.15, 0.2) is 77.9 Å². The monoisotopic (exact) mass is 471 g/mol. The molecule has 4 aromatic rings. The molecule has 0 aliphatic carbocycles. The van der Waals surface area contributed by atoms with Crippen molar-refractivity contribution in [2.24, 2.45) is 5.10 Å². The Kier molecular flexibility index (Phi) is 6.82. The molecule has 0 fully saturated rings. The lowest BCUT2D eigenvalue weighted by Crippen LogP contribution is -2.01. The summed E-state index contributed by atoms with van der Waals surface area (Å²) in [6, 6.07) is 20.5. The molecule has 10 heteroatoms. The van der Waals surface area contributed by atoms with Crippen LogP contribution in [0.5, 0.6) is 17.2 Å². The lowest BCUT2D eigenvalue weighted by molar-refractivity contribution is -0.384. The van der Waals surface area contributed by atoms with Gasteiger partial charge in [-0.15, -0.1) is 0 Å². The van der Waals surface area contributed by atoms with E-state index in [0.717, 1.165) is 11.1 Å². The number of aromatic nitrogens is 2. The van der Waals surface area contributed by atoms with E-state index in [2.05, 4.69) is 20.5 Å². The van der Waals surface area contributed by atoms with Gasteiger partial charge in [0.1, 0.15) is 5.75 Å². The van der Waals surface area contributed by atoms with Crippen molar-refractivity contribution in [2.75, 3.05) is 19.6 Å². The third-order valence-electron chi connectivity index (χ3n) is 5.07. The number of phenolic OH excluding ortho intramolecular Hbond substituents is 1. The van der Waals surface area contributed by atoms with Crippen molar-refractivity contribution >= 4 is 17.9 Å². The Bertz CT molecular complexity index is 1390. The molecule has 0 amide bonds. The number of nitrogens with zero attached hydrogens (tertiary/aromatic N) is 4. The maximum atomic E-state index is 11.0. The van der Waals surface area contributed by atoms with Gasteiger partial charge in [-0.3, -0.25) is 10.1 Å². The smallest absolute Gasteiger partial charge is 0.270 e. The van der Waals surface area contributed by atoms with Crippen LogP contribution < -0.4 is 14.9 Å². The summed E-state index contributed by atoms with van der Waals surface area (Å²) in [6.45, 7) is 0. The molecule has 176 valence electrons. The van der Waals surface area contributed by atoms with Gasteiger partial charge >= 0.3 is 0 Å². The van der Waals surface area contributed by atoms with E-state index in [9.17, 15) is 15.2 Å². The van der Waals surface area contributed by atoms with Crippen molar-refractivity contribution in [1.82, 2.24) is 9.97 Å². The number of methoxy groups -OCH3 is 2. The van der Waals surface area contributed by atoms with Gasteiger partial charge in [0.15, 0.2) is 11.5 Å². The van der Waals surface area contributed by atoms with Gasteiger partial charge in [0.2, 0.25) is 5.95 Å². The van der Waals surface area contributed by atoms with E-state index in [0.29, 0.717) is 22.9 Å². The van der Waals surface area contributed by atoms with Crippen LogP contribution in [0, 0.1) is 10.1 Å². The molecule has 1 heterocycles. The number of nitro benzene ring substituents is 1. The molecule has 0 saturated heterocycles. The van der Waals surface area contributed by atoms with Crippen molar-refractivity contribution < 1.29 is 19.5 Å². The lowest BCUT2D eigenvalue weighted by Gasteiger charge is -2.11. The summed E-state index contributed by atoms with van der Waals surface area (Å²) in [6.07, 6.45) is 1.26. The van der Waals surface area contributed by atoms with Crippen LogP contribution in [-0.2, 0) is 0 Å². The van der Waals surface area contributed by atoms with E-state index >= 15 is 0 Å². The molecule has 0 spiro atoms. The summed E-state index contributed by atoms with van der Waals surface area (Å²) in [4.78, 5) is 19.6. The molecule has 2 N–H and O–H groups in total. The molecular weight excluding hydrogens is 450 g/mol. The summed E-state index contributed by atoms with van der Waals surface area (Å²) in [7, 11) is 3.12. The number of nitro groups is 1. The van der Waals surface area contributed by atoms with E-state index in [1.807, 2.05) is 48.5 Å². The fourth-order valence-corrected chi connectivity index (χ4v) is 3.32. The number of non-ortho nitro benzene ring substituents is 1. The summed E-state index contributed by atoms with van der Waals surface area (Å²) in [5.74, 6) is 1.19. The first-order chi connectivity index (χ1) is 17.0. The molecule has 3 aromatic carbocycles. The maximum Gasteiger partial charge on any atom is 0.270 e. The van der Waals surface area contributed by atoms with E-state index in [-0.39, 0.29) is 22.9 Å². The molecule has 0 aliphatic rings. The molecule has 0 bridgehead atoms. The molecular formula is C25H21N5O5. The van der Waals surface area contributed by atoms with Crippen LogP contribution in [0.4, 0.5) is 11.6 Å². The Morgan fingerprint density at radius 1 is 0.914 bits per heavy atom. The molecule has 0 unspecified atom stereocenters. The molecule has 1 aromatic heterocycles. The van der Waals surface area contributed by atoms with Crippen LogP contribution in [0.2, 0.25) is 0 Å². The first-order valence-electron chi connectivity index (χ1n) is 10.4. The second-order valence-electron chi connectivity index (χ2n) is 7.27. The largest absolute Gasteiger partial charge is 0.507 e. The highest BCUT2D eigenvalue weighted by molar-refractivity contribution is 5.85. The number of ether oxygens (including phenoxy) is 2. The van der Waals surface area contributed by atoms with Gasteiger partial charge in [-0.25, -0.2) is 15.4 Å². The third kappa shape index (κ3) is 5.33. The van der Waals surface area contributed by atoms with E-state index in [1.165, 1.54) is 24.4 Å². The Labute approximate surface area is 200 Å². The van der Waals surface area contributed by atoms with Crippen LogP contribution in [0.3, 0.4) is 0 Å². The molecule has 10 nitrogen and oxygen atoms in total. The van der Waals surface area contributed by atoms with Gasteiger partial charge in [0, 0.05) is 28.8 Å². The summed E-state index contributed by atoms with van der Waals surface area (Å²) in [5, 5.41) is 25.1. The van der Waals surface area contributed by atoms with Crippen molar-refractivity contribution in [3.05, 3.63) is 88.5 Å². The van der Waals surface area contributed by atoms with Gasteiger partial charge in [-0.1, -0.05) is 30.3 Å². The highest BCUT2D eigenvalue weighted by atomic mass is 16.6. The van der Waals surface area contributed by atoms with E-state index < -0.39 is 4.92 Å². The maximum absolute atomic E-state index is 11.0. The Morgan fingerprint density at radius 3 is 2.31 bits per heavy atom. The van der Waals surface area contributed by atoms with E-state index in [4.69, 9.17) is 9.47 Å². The quantitative estimate of drug-likeness (QED) is 0.211. The Morgan fingerprint density at radius 2 is 1.63 bits per heavy atom. The zero-order valence-corrected chi connectivity index (χ0v) is 18.9. The average molecular weight is 471 g/mol. The van der Waals surface area contributed by atoms with Gasteiger partial charge in [0.25, 0.3) is 5.69 Å². The molecule has 0 atom stereocenters. The minimum absolute atomic E-state index is 0.147. The van der Waals surface area contributed by atoms with Gasteiger partial charge in [0.05, 0.1) is 36.7 Å². The van der Waals surface area contributed by atoms with E-state index in [1.54, 1.807) is 20.3 Å². The number of hydrazone groups is 1.